The highest BCUT2D eigenvalue weighted by Gasteiger charge is 2.31. The Morgan fingerprint density at radius 3 is 1.02 bits per heavy atom. The van der Waals surface area contributed by atoms with E-state index in [-0.39, 0.29) is 0 Å². The Bertz CT molecular complexity index is 3160. The van der Waals surface area contributed by atoms with Crippen LogP contribution < -0.4 is 9.80 Å². The lowest BCUT2D eigenvalue weighted by atomic mass is 9.92. The maximum Gasteiger partial charge on any atom is 0.0595 e. The molecule has 4 nitrogen and oxygen atoms in total. The van der Waals surface area contributed by atoms with Crippen molar-refractivity contribution in [3.8, 4) is 22.3 Å². The van der Waals surface area contributed by atoms with E-state index < -0.39 is 0 Å². The van der Waals surface area contributed by atoms with Gasteiger partial charge in [-0.1, -0.05) is 133 Å². The number of fused-ring (bicyclic) bond motifs is 10. The van der Waals surface area contributed by atoms with Crippen molar-refractivity contribution in [2.75, 3.05) is 9.80 Å². The average Bonchev–Trinajstić information content (AvgIpc) is 3.79. The topological polar surface area (TPSA) is 16.3 Å². The van der Waals surface area contributed by atoms with Gasteiger partial charge >= 0.3 is 0 Å². The van der Waals surface area contributed by atoms with Gasteiger partial charge in [-0.3, -0.25) is 0 Å². The molecular formula is C56H38N4. The van der Waals surface area contributed by atoms with Gasteiger partial charge in [0.1, 0.15) is 0 Å². The quantitative estimate of drug-likeness (QED) is 0.168. The second kappa shape index (κ2) is 12.8. The second-order valence-corrected chi connectivity index (χ2v) is 16.1. The van der Waals surface area contributed by atoms with E-state index in [1.807, 2.05) is 0 Å². The standard InChI is InChI=1S/C56H38N4/c1-5-19-39(20-6-1)59(40-21-7-2-8-22-40)49-31-29-45-47-33-52-48(34-51(47)57-35-37-17-13-15-27-43(37)53(49)55(45)57)46-30-32-50(54-44-28-16-14-18-38(44)36-58(52)56(46)54)60(41-23-9-3-10-24-41)42-25-11-4-12-26-42/h1-34H,35-36H2. The van der Waals surface area contributed by atoms with Gasteiger partial charge in [0.25, 0.3) is 0 Å². The minimum absolute atomic E-state index is 0.817. The molecular weight excluding hydrogens is 729 g/mol. The lowest BCUT2D eigenvalue weighted by molar-refractivity contribution is 0.857. The van der Waals surface area contributed by atoms with Crippen molar-refractivity contribution >= 4 is 77.7 Å². The van der Waals surface area contributed by atoms with Gasteiger partial charge in [0.15, 0.2) is 0 Å². The number of hydrogen-bond donors (Lipinski definition) is 0. The Balaban J connectivity index is 1.11. The first-order chi connectivity index (χ1) is 29.8. The van der Waals surface area contributed by atoms with Crippen molar-refractivity contribution in [1.82, 2.24) is 9.13 Å². The Morgan fingerprint density at radius 2 is 0.650 bits per heavy atom. The van der Waals surface area contributed by atoms with Crippen molar-refractivity contribution in [3.05, 3.63) is 217 Å². The van der Waals surface area contributed by atoms with E-state index in [4.69, 9.17) is 0 Å². The predicted octanol–water partition coefficient (Wildman–Crippen LogP) is 14.9. The van der Waals surface area contributed by atoms with Crippen molar-refractivity contribution in [3.63, 3.8) is 0 Å². The fraction of sp³-hybridized carbons (Fsp3) is 0.0357. The van der Waals surface area contributed by atoms with Crippen LogP contribution in [0, 0.1) is 0 Å². The Morgan fingerprint density at radius 1 is 0.317 bits per heavy atom. The molecule has 2 aliphatic heterocycles. The number of nitrogens with zero attached hydrogens (tertiary/aromatic N) is 4. The minimum Gasteiger partial charge on any atom is -0.335 e. The normalized spacial score (nSPS) is 12.5. The van der Waals surface area contributed by atoms with E-state index in [0.29, 0.717) is 0 Å². The van der Waals surface area contributed by atoms with Crippen molar-refractivity contribution in [1.29, 1.82) is 0 Å². The first kappa shape index (κ1) is 33.2. The maximum absolute atomic E-state index is 2.60. The summed E-state index contributed by atoms with van der Waals surface area (Å²) in [5, 5.41) is 5.16. The van der Waals surface area contributed by atoms with Gasteiger partial charge < -0.3 is 18.9 Å². The Labute approximate surface area is 348 Å². The molecule has 4 heterocycles. The van der Waals surface area contributed by atoms with E-state index >= 15 is 0 Å². The van der Waals surface area contributed by atoms with E-state index in [0.717, 1.165) is 35.8 Å². The zero-order valence-corrected chi connectivity index (χ0v) is 32.8. The zero-order valence-electron chi connectivity index (χ0n) is 32.8. The average molecular weight is 767 g/mol. The van der Waals surface area contributed by atoms with Gasteiger partial charge in [0.2, 0.25) is 0 Å². The fourth-order valence-electron chi connectivity index (χ4n) is 10.4. The SMILES string of the molecule is c1ccc(N(c2ccccc2)c2ccc3c4cc5c(cc4n4c3c2-c2ccccc2C4)c2ccc(N(c3ccccc3)c3ccccc3)c3c2n5Cc2ccccc2-3)cc1. The third kappa shape index (κ3) is 4.73. The molecule has 9 aromatic carbocycles. The molecule has 0 unspecified atom stereocenters. The van der Waals surface area contributed by atoms with Gasteiger partial charge in [-0.15, -0.1) is 0 Å². The molecule has 4 heteroatoms. The monoisotopic (exact) mass is 766 g/mol. The lowest BCUT2D eigenvalue weighted by Gasteiger charge is -2.31. The number of rotatable bonds is 6. The van der Waals surface area contributed by atoms with Crippen molar-refractivity contribution in [2.24, 2.45) is 0 Å². The summed E-state index contributed by atoms with van der Waals surface area (Å²) >= 11 is 0. The molecule has 0 aliphatic carbocycles. The van der Waals surface area contributed by atoms with Crippen LogP contribution in [0.25, 0.3) is 65.9 Å². The van der Waals surface area contributed by atoms with Crippen LogP contribution in [0.15, 0.2) is 206 Å². The molecule has 0 spiro atoms. The largest absolute Gasteiger partial charge is 0.335 e. The zero-order chi connectivity index (χ0) is 39.3. The van der Waals surface area contributed by atoms with Gasteiger partial charge in [0, 0.05) is 68.5 Å². The van der Waals surface area contributed by atoms with Crippen LogP contribution in [0.2, 0.25) is 0 Å². The molecule has 0 fully saturated rings. The van der Waals surface area contributed by atoms with Crippen LogP contribution in [0.3, 0.4) is 0 Å². The predicted molar refractivity (Wildman–Crippen MR) is 251 cm³/mol. The Hall–Kier alpha value is -7.82. The van der Waals surface area contributed by atoms with Gasteiger partial charge in [-0.05, 0) is 95.1 Å². The van der Waals surface area contributed by atoms with Crippen LogP contribution >= 0.6 is 0 Å². The number of aromatic nitrogens is 2. The second-order valence-electron chi connectivity index (χ2n) is 16.1. The summed E-state index contributed by atoms with van der Waals surface area (Å²) in [4.78, 5) is 4.85. The van der Waals surface area contributed by atoms with Crippen LogP contribution in [0.4, 0.5) is 34.1 Å². The third-order valence-corrected chi connectivity index (χ3v) is 12.9. The van der Waals surface area contributed by atoms with E-state index in [1.165, 1.54) is 88.4 Å². The third-order valence-electron chi connectivity index (χ3n) is 12.9. The first-order valence-corrected chi connectivity index (χ1v) is 20.8. The highest BCUT2D eigenvalue weighted by molar-refractivity contribution is 6.24. The summed E-state index contributed by atoms with van der Waals surface area (Å²) in [5.74, 6) is 0. The first-order valence-electron chi connectivity index (χ1n) is 20.8. The van der Waals surface area contributed by atoms with Gasteiger partial charge in [0.05, 0.1) is 33.4 Å². The Kier molecular flexibility index (Phi) is 7.10. The number of para-hydroxylation sites is 4. The van der Waals surface area contributed by atoms with E-state index in [2.05, 4.69) is 225 Å². The molecule has 282 valence electrons. The molecule has 13 rings (SSSR count). The highest BCUT2D eigenvalue weighted by Crippen LogP contribution is 2.53. The van der Waals surface area contributed by atoms with Gasteiger partial charge in [-0.2, -0.15) is 0 Å². The van der Waals surface area contributed by atoms with Crippen molar-refractivity contribution < 1.29 is 0 Å². The molecule has 0 saturated carbocycles. The molecule has 0 saturated heterocycles. The van der Waals surface area contributed by atoms with Crippen LogP contribution in [0.1, 0.15) is 11.1 Å². The number of hydrogen-bond acceptors (Lipinski definition) is 2. The molecule has 0 atom stereocenters. The number of anilines is 6. The molecule has 11 aromatic rings. The minimum atomic E-state index is 0.817. The summed E-state index contributed by atoms with van der Waals surface area (Å²) in [7, 11) is 0. The fourth-order valence-corrected chi connectivity index (χ4v) is 10.4. The van der Waals surface area contributed by atoms with Crippen LogP contribution in [-0.2, 0) is 13.1 Å². The molecule has 0 radical (unpaired) electrons. The molecule has 0 N–H and O–H groups in total. The lowest BCUT2D eigenvalue weighted by Crippen LogP contribution is -2.14. The van der Waals surface area contributed by atoms with Crippen molar-refractivity contribution in [2.45, 2.75) is 13.1 Å². The number of benzene rings is 9. The maximum atomic E-state index is 2.60. The van der Waals surface area contributed by atoms with Gasteiger partial charge in [-0.25, -0.2) is 0 Å². The molecule has 0 bridgehead atoms. The molecule has 0 amide bonds. The highest BCUT2D eigenvalue weighted by atomic mass is 15.2. The summed E-state index contributed by atoms with van der Waals surface area (Å²) in [5.41, 5.74) is 19.9. The summed E-state index contributed by atoms with van der Waals surface area (Å²) < 4.78 is 5.19. The molecule has 60 heavy (non-hydrogen) atoms. The molecule has 2 aliphatic rings. The smallest absolute Gasteiger partial charge is 0.0595 e. The molecule has 2 aromatic heterocycles. The van der Waals surface area contributed by atoms with Crippen LogP contribution in [0.5, 0.6) is 0 Å². The summed E-state index contributed by atoms with van der Waals surface area (Å²) in [6.07, 6.45) is 0. The van der Waals surface area contributed by atoms with Crippen LogP contribution in [-0.4, -0.2) is 9.13 Å². The van der Waals surface area contributed by atoms with E-state index in [1.54, 1.807) is 0 Å². The van der Waals surface area contributed by atoms with E-state index in [9.17, 15) is 0 Å². The summed E-state index contributed by atoms with van der Waals surface area (Å²) in [6.45, 7) is 1.63. The summed E-state index contributed by atoms with van der Waals surface area (Å²) in [6, 6.07) is 75.6.